The van der Waals surface area contributed by atoms with Gasteiger partial charge in [0.1, 0.15) is 11.6 Å². The number of hydrogen-bond donors (Lipinski definition) is 2. The highest BCUT2D eigenvalue weighted by Crippen LogP contribution is 2.17. The fourth-order valence-corrected chi connectivity index (χ4v) is 1.87. The molecule has 0 aliphatic carbocycles. The molecule has 20 heavy (non-hydrogen) atoms. The predicted molar refractivity (Wildman–Crippen MR) is 82.6 cm³/mol. The van der Waals surface area contributed by atoms with E-state index in [-0.39, 0.29) is 11.8 Å². The first-order valence-electron chi connectivity index (χ1n) is 6.16. The van der Waals surface area contributed by atoms with Crippen LogP contribution in [0.5, 0.6) is 0 Å². The molecular formula is C14H15BrN4O. The second-order valence-electron chi connectivity index (χ2n) is 4.68. The van der Waals surface area contributed by atoms with E-state index < -0.39 is 0 Å². The van der Waals surface area contributed by atoms with Gasteiger partial charge in [-0.15, -0.1) is 0 Å². The Hall–Kier alpha value is -1.95. The lowest BCUT2D eigenvalue weighted by atomic mass is 10.1. The second-order valence-corrected chi connectivity index (χ2v) is 5.59. The van der Waals surface area contributed by atoms with Crippen LogP contribution in [-0.4, -0.2) is 15.9 Å². The number of carbonyl (C=O) groups is 1. The second kappa shape index (κ2) is 6.00. The number of pyridine rings is 2. The summed E-state index contributed by atoms with van der Waals surface area (Å²) >= 11 is 3.29. The zero-order valence-corrected chi connectivity index (χ0v) is 12.8. The van der Waals surface area contributed by atoms with Gasteiger partial charge in [-0.3, -0.25) is 4.79 Å². The van der Waals surface area contributed by atoms with Crippen molar-refractivity contribution in [3.05, 3.63) is 46.2 Å². The minimum absolute atomic E-state index is 0.204. The monoisotopic (exact) mass is 334 g/mol. The van der Waals surface area contributed by atoms with Crippen molar-refractivity contribution in [1.29, 1.82) is 0 Å². The molecule has 2 rings (SSSR count). The van der Waals surface area contributed by atoms with Crippen molar-refractivity contribution in [3.8, 4) is 0 Å². The molecule has 1 amide bonds. The number of anilines is 2. The van der Waals surface area contributed by atoms with Gasteiger partial charge in [0.2, 0.25) is 0 Å². The molecule has 2 heterocycles. The highest BCUT2D eigenvalue weighted by Gasteiger charge is 2.11. The summed E-state index contributed by atoms with van der Waals surface area (Å²) < 4.78 is 0.853. The van der Waals surface area contributed by atoms with E-state index in [9.17, 15) is 4.79 Å². The van der Waals surface area contributed by atoms with E-state index >= 15 is 0 Å². The molecule has 104 valence electrons. The van der Waals surface area contributed by atoms with Gasteiger partial charge in [-0.25, -0.2) is 9.97 Å². The lowest BCUT2D eigenvalue weighted by Gasteiger charge is -2.09. The summed E-state index contributed by atoms with van der Waals surface area (Å²) in [5.41, 5.74) is 7.00. The van der Waals surface area contributed by atoms with E-state index in [1.54, 1.807) is 24.4 Å². The highest BCUT2D eigenvalue weighted by molar-refractivity contribution is 9.10. The molecule has 2 aromatic rings. The van der Waals surface area contributed by atoms with Crippen LogP contribution in [0.15, 0.2) is 34.9 Å². The molecule has 0 fully saturated rings. The number of amides is 1. The highest BCUT2D eigenvalue weighted by atomic mass is 79.9. The van der Waals surface area contributed by atoms with Gasteiger partial charge >= 0.3 is 0 Å². The molecule has 0 atom stereocenters. The number of rotatable bonds is 3. The number of aromatic nitrogens is 2. The van der Waals surface area contributed by atoms with Crippen molar-refractivity contribution in [2.45, 2.75) is 19.8 Å². The Labute approximate surface area is 125 Å². The van der Waals surface area contributed by atoms with E-state index in [1.807, 2.05) is 19.9 Å². The smallest absolute Gasteiger partial charge is 0.257 e. The van der Waals surface area contributed by atoms with Gasteiger partial charge in [-0.05, 0) is 46.1 Å². The van der Waals surface area contributed by atoms with Crippen LogP contribution in [0.4, 0.5) is 11.6 Å². The zero-order chi connectivity index (χ0) is 14.7. The normalized spacial score (nSPS) is 10.6. The quantitative estimate of drug-likeness (QED) is 0.903. The molecule has 2 aromatic heterocycles. The summed E-state index contributed by atoms with van der Waals surface area (Å²) in [7, 11) is 0. The largest absolute Gasteiger partial charge is 0.384 e. The van der Waals surface area contributed by atoms with Gasteiger partial charge in [-0.1, -0.05) is 13.8 Å². The summed E-state index contributed by atoms with van der Waals surface area (Å²) in [4.78, 5) is 20.5. The fraction of sp³-hybridized carbons (Fsp3) is 0.214. The van der Waals surface area contributed by atoms with E-state index in [2.05, 4.69) is 31.2 Å². The van der Waals surface area contributed by atoms with Gasteiger partial charge in [0.15, 0.2) is 0 Å². The van der Waals surface area contributed by atoms with Crippen LogP contribution in [0.2, 0.25) is 0 Å². The Bertz CT molecular complexity index is 626. The van der Waals surface area contributed by atoms with E-state index in [1.165, 1.54) is 0 Å². The number of halogens is 1. The summed E-state index contributed by atoms with van der Waals surface area (Å²) in [6, 6.07) is 6.83. The molecule has 0 unspecified atom stereocenters. The minimum atomic E-state index is -0.254. The third kappa shape index (κ3) is 3.54. The molecule has 0 spiro atoms. The van der Waals surface area contributed by atoms with Gasteiger partial charge < -0.3 is 11.1 Å². The van der Waals surface area contributed by atoms with E-state index in [0.717, 1.165) is 10.2 Å². The molecule has 0 saturated heterocycles. The first-order valence-corrected chi connectivity index (χ1v) is 6.95. The Morgan fingerprint density at radius 3 is 2.70 bits per heavy atom. The number of nitrogens with zero attached hydrogens (tertiary/aromatic N) is 2. The van der Waals surface area contributed by atoms with Crippen molar-refractivity contribution in [2.75, 3.05) is 11.1 Å². The molecule has 0 saturated carbocycles. The summed E-state index contributed by atoms with van der Waals surface area (Å²) in [6.07, 6.45) is 1.62. The average molecular weight is 335 g/mol. The van der Waals surface area contributed by atoms with Crippen molar-refractivity contribution in [1.82, 2.24) is 9.97 Å². The van der Waals surface area contributed by atoms with E-state index in [0.29, 0.717) is 17.2 Å². The minimum Gasteiger partial charge on any atom is -0.384 e. The Balaban J connectivity index is 2.22. The standard InChI is InChI=1S/C14H15BrN4O/c1-8(2)11-5-9(6-12(16)18-11)14(20)19-13-4-3-10(15)7-17-13/h3-8H,1-2H3,(H2,16,18)(H,17,19,20). The zero-order valence-electron chi connectivity index (χ0n) is 11.2. The van der Waals surface area contributed by atoms with Gasteiger partial charge in [0.05, 0.1) is 0 Å². The number of nitrogens with two attached hydrogens (primary N) is 1. The van der Waals surface area contributed by atoms with Crippen LogP contribution in [0.3, 0.4) is 0 Å². The fourth-order valence-electron chi connectivity index (χ4n) is 1.64. The predicted octanol–water partition coefficient (Wildman–Crippen LogP) is 3.20. The maximum absolute atomic E-state index is 12.2. The van der Waals surface area contributed by atoms with Crippen LogP contribution in [0.1, 0.15) is 35.8 Å². The maximum Gasteiger partial charge on any atom is 0.257 e. The van der Waals surface area contributed by atoms with Crippen molar-refractivity contribution in [3.63, 3.8) is 0 Å². The third-order valence-electron chi connectivity index (χ3n) is 2.69. The molecular weight excluding hydrogens is 320 g/mol. The van der Waals surface area contributed by atoms with Crippen LogP contribution < -0.4 is 11.1 Å². The molecule has 3 N–H and O–H groups in total. The first-order chi connectivity index (χ1) is 9.45. The number of nitrogens with one attached hydrogen (secondary N) is 1. The van der Waals surface area contributed by atoms with E-state index in [4.69, 9.17) is 5.73 Å². The molecule has 6 heteroatoms. The Morgan fingerprint density at radius 2 is 2.10 bits per heavy atom. The maximum atomic E-state index is 12.2. The number of carbonyl (C=O) groups excluding carboxylic acids is 1. The van der Waals surface area contributed by atoms with Crippen LogP contribution in [0, 0.1) is 0 Å². The molecule has 0 aliphatic rings. The van der Waals surface area contributed by atoms with Gasteiger partial charge in [0, 0.05) is 21.9 Å². The SMILES string of the molecule is CC(C)c1cc(C(=O)Nc2ccc(Br)cn2)cc(N)n1. The summed E-state index contributed by atoms with van der Waals surface area (Å²) in [5.74, 6) is 0.775. The summed E-state index contributed by atoms with van der Waals surface area (Å²) in [5, 5.41) is 2.72. The lowest BCUT2D eigenvalue weighted by Crippen LogP contribution is -2.14. The topological polar surface area (TPSA) is 80.9 Å². The van der Waals surface area contributed by atoms with Crippen molar-refractivity contribution < 1.29 is 4.79 Å². The lowest BCUT2D eigenvalue weighted by molar-refractivity contribution is 0.102. The average Bonchev–Trinajstić information content (AvgIpc) is 2.40. The van der Waals surface area contributed by atoms with Gasteiger partial charge in [0.25, 0.3) is 5.91 Å². The first kappa shape index (κ1) is 14.5. The Morgan fingerprint density at radius 1 is 1.35 bits per heavy atom. The Kier molecular flexibility index (Phi) is 4.34. The molecule has 0 aromatic carbocycles. The van der Waals surface area contributed by atoms with Crippen LogP contribution in [-0.2, 0) is 0 Å². The van der Waals surface area contributed by atoms with Crippen molar-refractivity contribution in [2.24, 2.45) is 0 Å². The van der Waals surface area contributed by atoms with Crippen LogP contribution >= 0.6 is 15.9 Å². The van der Waals surface area contributed by atoms with Crippen molar-refractivity contribution >= 4 is 33.5 Å². The van der Waals surface area contributed by atoms with Gasteiger partial charge in [-0.2, -0.15) is 0 Å². The third-order valence-corrected chi connectivity index (χ3v) is 3.16. The number of hydrogen-bond acceptors (Lipinski definition) is 4. The molecule has 0 aliphatic heterocycles. The molecule has 5 nitrogen and oxygen atoms in total. The molecule has 0 radical (unpaired) electrons. The molecule has 0 bridgehead atoms. The summed E-state index contributed by atoms with van der Waals surface area (Å²) in [6.45, 7) is 4.00. The number of nitrogen functional groups attached to an aromatic ring is 1. The van der Waals surface area contributed by atoms with Crippen LogP contribution in [0.25, 0.3) is 0 Å².